The van der Waals surface area contributed by atoms with Crippen LogP contribution in [0.1, 0.15) is 20.3 Å². The molecule has 0 bridgehead atoms. The van der Waals surface area contributed by atoms with Crippen LogP contribution in [0.2, 0.25) is 0 Å². The second kappa shape index (κ2) is 4.38. The van der Waals surface area contributed by atoms with Gasteiger partial charge in [0.15, 0.2) is 0 Å². The number of hydrogen-bond acceptors (Lipinski definition) is 4. The third kappa shape index (κ3) is 2.12. The summed E-state index contributed by atoms with van der Waals surface area (Å²) in [7, 11) is 0. The summed E-state index contributed by atoms with van der Waals surface area (Å²) in [6.07, 6.45) is 2.87. The van der Waals surface area contributed by atoms with Crippen LogP contribution in [0.25, 0.3) is 10.8 Å². The van der Waals surface area contributed by atoms with Crippen molar-refractivity contribution in [2.75, 3.05) is 11.9 Å². The van der Waals surface area contributed by atoms with Crippen LogP contribution in [-0.4, -0.2) is 28.3 Å². The van der Waals surface area contributed by atoms with Crippen LogP contribution < -0.4 is 5.32 Å². The van der Waals surface area contributed by atoms with Crippen molar-refractivity contribution in [2.45, 2.75) is 31.9 Å². The summed E-state index contributed by atoms with van der Waals surface area (Å²) in [5, 5.41) is 15.1. The van der Waals surface area contributed by atoms with Crippen molar-refractivity contribution in [3.8, 4) is 5.75 Å². The Morgan fingerprint density at radius 2 is 2.26 bits per heavy atom. The molecular formula is C15H18N2O2. The molecule has 0 aliphatic carbocycles. The maximum atomic E-state index is 9.65. The van der Waals surface area contributed by atoms with E-state index < -0.39 is 0 Å². The van der Waals surface area contributed by atoms with Gasteiger partial charge in [-0.05, 0) is 43.9 Å². The minimum Gasteiger partial charge on any atom is -0.508 e. The number of nitrogens with one attached hydrogen (secondary N) is 1. The first-order valence-corrected chi connectivity index (χ1v) is 6.56. The van der Waals surface area contributed by atoms with Gasteiger partial charge < -0.3 is 15.2 Å². The molecule has 100 valence electrons. The van der Waals surface area contributed by atoms with Crippen LogP contribution in [0.4, 0.5) is 5.82 Å². The van der Waals surface area contributed by atoms with E-state index in [1.807, 2.05) is 12.1 Å². The van der Waals surface area contributed by atoms with Gasteiger partial charge in [0, 0.05) is 18.2 Å². The topological polar surface area (TPSA) is 54.4 Å². The molecule has 1 saturated heterocycles. The van der Waals surface area contributed by atoms with Gasteiger partial charge in [0.05, 0.1) is 11.6 Å². The van der Waals surface area contributed by atoms with Gasteiger partial charge in [-0.3, -0.25) is 0 Å². The molecule has 19 heavy (non-hydrogen) atoms. The van der Waals surface area contributed by atoms with E-state index in [4.69, 9.17) is 4.74 Å². The van der Waals surface area contributed by atoms with E-state index in [1.54, 1.807) is 18.3 Å². The smallest absolute Gasteiger partial charge is 0.134 e. The number of benzene rings is 1. The van der Waals surface area contributed by atoms with Crippen molar-refractivity contribution in [3.63, 3.8) is 0 Å². The number of aromatic hydroxyl groups is 1. The zero-order chi connectivity index (χ0) is 13.5. The van der Waals surface area contributed by atoms with Crippen LogP contribution in [-0.2, 0) is 4.74 Å². The molecule has 1 aromatic carbocycles. The summed E-state index contributed by atoms with van der Waals surface area (Å²) < 4.78 is 5.64. The fourth-order valence-electron chi connectivity index (χ4n) is 2.53. The highest BCUT2D eigenvalue weighted by Crippen LogP contribution is 2.32. The third-order valence-electron chi connectivity index (χ3n) is 4.04. The molecule has 2 atom stereocenters. The van der Waals surface area contributed by atoms with Crippen molar-refractivity contribution in [2.24, 2.45) is 0 Å². The van der Waals surface area contributed by atoms with E-state index in [0.29, 0.717) is 0 Å². The van der Waals surface area contributed by atoms with Gasteiger partial charge >= 0.3 is 0 Å². The molecule has 1 aromatic heterocycles. The second-order valence-electron chi connectivity index (χ2n) is 5.37. The summed E-state index contributed by atoms with van der Waals surface area (Å²) in [6, 6.07) is 7.27. The molecule has 2 aromatic rings. The van der Waals surface area contributed by atoms with Gasteiger partial charge in [-0.25, -0.2) is 4.98 Å². The summed E-state index contributed by atoms with van der Waals surface area (Å²) in [4.78, 5) is 4.41. The van der Waals surface area contributed by atoms with E-state index in [2.05, 4.69) is 24.1 Å². The predicted octanol–water partition coefficient (Wildman–Crippen LogP) is 2.92. The lowest BCUT2D eigenvalue weighted by Crippen LogP contribution is -2.41. The Hall–Kier alpha value is -1.81. The largest absolute Gasteiger partial charge is 0.508 e. The quantitative estimate of drug-likeness (QED) is 0.869. The second-order valence-corrected chi connectivity index (χ2v) is 5.37. The number of rotatable bonds is 2. The van der Waals surface area contributed by atoms with E-state index in [-0.39, 0.29) is 17.4 Å². The number of fused-ring (bicyclic) bond motifs is 1. The molecule has 2 N–H and O–H groups in total. The highest BCUT2D eigenvalue weighted by atomic mass is 16.5. The molecule has 1 fully saturated rings. The van der Waals surface area contributed by atoms with Crippen molar-refractivity contribution < 1.29 is 9.84 Å². The van der Waals surface area contributed by atoms with Crippen molar-refractivity contribution in [1.82, 2.24) is 4.98 Å². The average Bonchev–Trinajstić information content (AvgIpc) is 2.70. The standard InChI is InChI=1S/C15H18N2O2/c1-10-15(2,6-8-19-10)17-14-13-9-12(18)4-3-11(13)5-7-16-14/h3-5,7,9-10,18H,6,8H2,1-2H3,(H,16,17). The minimum atomic E-state index is -0.118. The van der Waals surface area contributed by atoms with Crippen molar-refractivity contribution in [3.05, 3.63) is 30.5 Å². The van der Waals surface area contributed by atoms with Gasteiger partial charge in [-0.2, -0.15) is 0 Å². The zero-order valence-corrected chi connectivity index (χ0v) is 11.2. The number of nitrogens with zero attached hydrogens (tertiary/aromatic N) is 1. The van der Waals surface area contributed by atoms with E-state index in [0.717, 1.165) is 29.6 Å². The molecule has 4 heteroatoms. The molecule has 1 aliphatic rings. The lowest BCUT2D eigenvalue weighted by molar-refractivity contribution is 0.105. The molecular weight excluding hydrogens is 240 g/mol. The monoisotopic (exact) mass is 258 g/mol. The van der Waals surface area contributed by atoms with Gasteiger partial charge in [0.25, 0.3) is 0 Å². The van der Waals surface area contributed by atoms with Crippen LogP contribution >= 0.6 is 0 Å². The lowest BCUT2D eigenvalue weighted by Gasteiger charge is -2.30. The molecule has 2 heterocycles. The Bertz CT molecular complexity index is 614. The molecule has 0 radical (unpaired) electrons. The Balaban J connectivity index is 2.03. The number of hydrogen-bond donors (Lipinski definition) is 2. The molecule has 1 aliphatic heterocycles. The normalized spacial score (nSPS) is 26.7. The number of anilines is 1. The average molecular weight is 258 g/mol. The van der Waals surface area contributed by atoms with E-state index in [1.165, 1.54) is 0 Å². The summed E-state index contributed by atoms with van der Waals surface area (Å²) >= 11 is 0. The highest BCUT2D eigenvalue weighted by Gasteiger charge is 2.37. The van der Waals surface area contributed by atoms with Crippen LogP contribution in [0, 0.1) is 0 Å². The third-order valence-corrected chi connectivity index (χ3v) is 4.04. The Labute approximate surface area is 112 Å². The van der Waals surface area contributed by atoms with Crippen LogP contribution in [0.3, 0.4) is 0 Å². The number of phenols is 1. The maximum Gasteiger partial charge on any atom is 0.134 e. The summed E-state index contributed by atoms with van der Waals surface area (Å²) in [6.45, 7) is 4.98. The summed E-state index contributed by atoms with van der Waals surface area (Å²) in [5.41, 5.74) is -0.118. The molecule has 0 saturated carbocycles. The molecule has 3 rings (SSSR count). The number of ether oxygens (including phenoxy) is 1. The first-order chi connectivity index (χ1) is 9.08. The van der Waals surface area contributed by atoms with E-state index in [9.17, 15) is 5.11 Å². The van der Waals surface area contributed by atoms with Gasteiger partial charge in [0.2, 0.25) is 0 Å². The molecule has 0 spiro atoms. The van der Waals surface area contributed by atoms with Gasteiger partial charge in [-0.1, -0.05) is 6.07 Å². The van der Waals surface area contributed by atoms with Crippen molar-refractivity contribution in [1.29, 1.82) is 0 Å². The number of phenolic OH excluding ortho intramolecular Hbond substituents is 1. The Morgan fingerprint density at radius 3 is 3.00 bits per heavy atom. The molecule has 0 amide bonds. The predicted molar refractivity (Wildman–Crippen MR) is 75.5 cm³/mol. The van der Waals surface area contributed by atoms with E-state index >= 15 is 0 Å². The lowest BCUT2D eigenvalue weighted by atomic mass is 9.94. The van der Waals surface area contributed by atoms with Gasteiger partial charge in [-0.15, -0.1) is 0 Å². The highest BCUT2D eigenvalue weighted by molar-refractivity contribution is 5.92. The first kappa shape index (κ1) is 12.2. The number of aromatic nitrogens is 1. The molecule has 2 unspecified atom stereocenters. The molecule has 4 nitrogen and oxygen atoms in total. The van der Waals surface area contributed by atoms with Crippen molar-refractivity contribution >= 4 is 16.6 Å². The number of pyridine rings is 1. The SMILES string of the molecule is CC1OCCC1(C)Nc1nccc2ccc(O)cc12. The first-order valence-electron chi connectivity index (χ1n) is 6.56. The zero-order valence-electron chi connectivity index (χ0n) is 11.2. The maximum absolute atomic E-state index is 9.65. The van der Waals surface area contributed by atoms with Crippen LogP contribution in [0.15, 0.2) is 30.5 Å². The van der Waals surface area contributed by atoms with Gasteiger partial charge in [0.1, 0.15) is 11.6 Å². The Morgan fingerprint density at radius 1 is 1.42 bits per heavy atom. The minimum absolute atomic E-state index is 0.118. The summed E-state index contributed by atoms with van der Waals surface area (Å²) in [5.74, 6) is 1.05. The van der Waals surface area contributed by atoms with Crippen LogP contribution in [0.5, 0.6) is 5.75 Å². The Kier molecular flexibility index (Phi) is 2.82. The fraction of sp³-hybridized carbons (Fsp3) is 0.400. The fourth-order valence-corrected chi connectivity index (χ4v) is 2.53.